The highest BCUT2D eigenvalue weighted by Crippen LogP contribution is 2.14. The normalized spacial score (nSPS) is 12.7. The van der Waals surface area contributed by atoms with Gasteiger partial charge in [-0.2, -0.15) is 0 Å². The van der Waals surface area contributed by atoms with Gasteiger partial charge < -0.3 is 14.6 Å². The summed E-state index contributed by atoms with van der Waals surface area (Å²) in [6.45, 7) is 5.23. The number of unbranched alkanes of at least 4 members (excludes halogenated alkanes) is 20. The standard InChI is InChI=1S/C39H72O4/c1-3-5-7-9-11-13-15-17-19-21-23-25-27-29-31-33-35-42-37-38(36-40)43-39(41)34-32-30-28-26-24-22-20-18-16-14-12-10-8-6-4-2/h6,8,12,14,18,20,38,40H,3-5,7,9-11,13,15-17,19,21-37H2,1-2H3/b8-6-,14-12-,20-18-. The molecule has 1 N–H and O–H groups in total. The third kappa shape index (κ3) is 35.0. The van der Waals surface area contributed by atoms with Gasteiger partial charge in [-0.1, -0.05) is 166 Å². The number of carbonyl (C=O) groups is 1. The molecule has 0 bridgehead atoms. The molecule has 252 valence electrons. The first-order valence-corrected chi connectivity index (χ1v) is 18.6. The molecule has 0 aromatic rings. The fraction of sp³-hybridized carbons (Fsp3) is 0.821. The number of aliphatic hydroxyl groups is 1. The van der Waals surface area contributed by atoms with E-state index < -0.39 is 6.10 Å². The number of carbonyl (C=O) groups excluding carboxylic acids is 1. The van der Waals surface area contributed by atoms with Crippen molar-refractivity contribution in [2.45, 2.75) is 187 Å². The average Bonchev–Trinajstić information content (AvgIpc) is 3.01. The van der Waals surface area contributed by atoms with Crippen molar-refractivity contribution >= 4 is 5.97 Å². The van der Waals surface area contributed by atoms with Gasteiger partial charge in [-0.15, -0.1) is 0 Å². The zero-order valence-corrected chi connectivity index (χ0v) is 28.7. The topological polar surface area (TPSA) is 55.8 Å². The molecule has 0 spiro atoms. The molecule has 0 amide bonds. The fourth-order valence-corrected chi connectivity index (χ4v) is 5.22. The summed E-state index contributed by atoms with van der Waals surface area (Å²) in [5.74, 6) is -0.216. The summed E-state index contributed by atoms with van der Waals surface area (Å²) >= 11 is 0. The quantitative estimate of drug-likeness (QED) is 0.0451. The number of allylic oxidation sites excluding steroid dienone is 6. The first-order chi connectivity index (χ1) is 21.2. The summed E-state index contributed by atoms with van der Waals surface area (Å²) in [6.07, 6.45) is 44.7. The number of ether oxygens (including phenoxy) is 2. The summed E-state index contributed by atoms with van der Waals surface area (Å²) in [5, 5.41) is 9.55. The lowest BCUT2D eigenvalue weighted by molar-refractivity contribution is -0.154. The van der Waals surface area contributed by atoms with Gasteiger partial charge in [-0.25, -0.2) is 0 Å². The van der Waals surface area contributed by atoms with Gasteiger partial charge in [0.25, 0.3) is 0 Å². The molecule has 4 nitrogen and oxygen atoms in total. The Morgan fingerprint density at radius 2 is 1.05 bits per heavy atom. The number of rotatable bonds is 34. The molecule has 0 fully saturated rings. The molecular weight excluding hydrogens is 532 g/mol. The third-order valence-corrected chi connectivity index (χ3v) is 7.98. The van der Waals surface area contributed by atoms with E-state index in [0.29, 0.717) is 19.6 Å². The van der Waals surface area contributed by atoms with Gasteiger partial charge in [0.05, 0.1) is 13.2 Å². The van der Waals surface area contributed by atoms with Crippen LogP contribution in [0.3, 0.4) is 0 Å². The van der Waals surface area contributed by atoms with Crippen LogP contribution in [0, 0.1) is 0 Å². The Bertz CT molecular complexity index is 639. The van der Waals surface area contributed by atoms with Crippen LogP contribution >= 0.6 is 0 Å². The third-order valence-electron chi connectivity index (χ3n) is 7.98. The largest absolute Gasteiger partial charge is 0.457 e. The van der Waals surface area contributed by atoms with Gasteiger partial charge in [-0.3, -0.25) is 4.79 Å². The van der Waals surface area contributed by atoms with Gasteiger partial charge in [0.1, 0.15) is 6.10 Å². The molecule has 1 atom stereocenters. The van der Waals surface area contributed by atoms with Crippen molar-refractivity contribution in [3.63, 3.8) is 0 Å². The maximum absolute atomic E-state index is 12.1. The van der Waals surface area contributed by atoms with Crippen molar-refractivity contribution in [2.24, 2.45) is 0 Å². The van der Waals surface area contributed by atoms with Crippen LogP contribution in [0.5, 0.6) is 0 Å². The van der Waals surface area contributed by atoms with Crippen LogP contribution < -0.4 is 0 Å². The Kier molecular flexibility index (Phi) is 35.6. The number of hydrogen-bond donors (Lipinski definition) is 1. The van der Waals surface area contributed by atoms with Crippen molar-refractivity contribution in [3.8, 4) is 0 Å². The highest BCUT2D eigenvalue weighted by Gasteiger charge is 2.13. The minimum absolute atomic E-state index is 0.177. The smallest absolute Gasteiger partial charge is 0.306 e. The second-order valence-electron chi connectivity index (χ2n) is 12.3. The predicted octanol–water partition coefficient (Wildman–Crippen LogP) is 11.8. The van der Waals surface area contributed by atoms with E-state index in [4.69, 9.17) is 9.47 Å². The number of hydrogen-bond acceptors (Lipinski definition) is 4. The molecule has 0 aliphatic rings. The van der Waals surface area contributed by atoms with Crippen LogP contribution in [-0.2, 0) is 14.3 Å². The van der Waals surface area contributed by atoms with Crippen molar-refractivity contribution in [3.05, 3.63) is 36.5 Å². The van der Waals surface area contributed by atoms with Gasteiger partial charge in [0, 0.05) is 13.0 Å². The molecule has 0 aliphatic heterocycles. The van der Waals surface area contributed by atoms with Crippen molar-refractivity contribution in [2.75, 3.05) is 19.8 Å². The summed E-state index contributed by atoms with van der Waals surface area (Å²) < 4.78 is 11.1. The van der Waals surface area contributed by atoms with Crippen LogP contribution in [0.15, 0.2) is 36.5 Å². The van der Waals surface area contributed by atoms with E-state index in [2.05, 4.69) is 50.3 Å². The second kappa shape index (κ2) is 36.8. The number of esters is 1. The Morgan fingerprint density at radius 1 is 0.581 bits per heavy atom. The summed E-state index contributed by atoms with van der Waals surface area (Å²) in [7, 11) is 0. The fourth-order valence-electron chi connectivity index (χ4n) is 5.22. The Hall–Kier alpha value is -1.39. The molecule has 0 saturated heterocycles. The van der Waals surface area contributed by atoms with E-state index in [1.807, 2.05) is 0 Å². The van der Waals surface area contributed by atoms with E-state index in [-0.39, 0.29) is 12.6 Å². The molecular formula is C39H72O4. The first kappa shape index (κ1) is 41.6. The Morgan fingerprint density at radius 3 is 1.58 bits per heavy atom. The van der Waals surface area contributed by atoms with Crippen LogP contribution in [-0.4, -0.2) is 37.0 Å². The van der Waals surface area contributed by atoms with E-state index in [1.165, 1.54) is 109 Å². The highest BCUT2D eigenvalue weighted by atomic mass is 16.6. The van der Waals surface area contributed by atoms with Crippen LogP contribution in [0.25, 0.3) is 0 Å². The average molecular weight is 605 g/mol. The molecule has 43 heavy (non-hydrogen) atoms. The van der Waals surface area contributed by atoms with Crippen molar-refractivity contribution in [1.29, 1.82) is 0 Å². The first-order valence-electron chi connectivity index (χ1n) is 18.6. The van der Waals surface area contributed by atoms with Crippen LogP contribution in [0.2, 0.25) is 0 Å². The summed E-state index contributed by atoms with van der Waals surface area (Å²) in [4.78, 5) is 12.1. The molecule has 0 aliphatic carbocycles. The monoisotopic (exact) mass is 605 g/mol. The minimum atomic E-state index is -0.539. The van der Waals surface area contributed by atoms with Gasteiger partial charge in [0.15, 0.2) is 0 Å². The molecule has 0 aromatic carbocycles. The Labute approximate surface area is 268 Å². The summed E-state index contributed by atoms with van der Waals surface area (Å²) in [6, 6.07) is 0. The maximum Gasteiger partial charge on any atom is 0.306 e. The molecule has 0 rings (SSSR count). The van der Waals surface area contributed by atoms with Gasteiger partial charge in [-0.05, 0) is 44.9 Å². The summed E-state index contributed by atoms with van der Waals surface area (Å²) in [5.41, 5.74) is 0. The zero-order chi connectivity index (χ0) is 31.3. The van der Waals surface area contributed by atoms with Gasteiger partial charge in [0.2, 0.25) is 0 Å². The second-order valence-corrected chi connectivity index (χ2v) is 12.3. The lowest BCUT2D eigenvalue weighted by Gasteiger charge is -2.15. The lowest BCUT2D eigenvalue weighted by Crippen LogP contribution is -2.27. The minimum Gasteiger partial charge on any atom is -0.457 e. The van der Waals surface area contributed by atoms with Gasteiger partial charge >= 0.3 is 5.97 Å². The molecule has 1 unspecified atom stereocenters. The maximum atomic E-state index is 12.1. The van der Waals surface area contributed by atoms with Crippen LogP contribution in [0.4, 0.5) is 0 Å². The molecule has 0 aromatic heterocycles. The van der Waals surface area contributed by atoms with Crippen LogP contribution in [0.1, 0.15) is 181 Å². The van der Waals surface area contributed by atoms with Crippen molar-refractivity contribution in [1.82, 2.24) is 0 Å². The lowest BCUT2D eigenvalue weighted by atomic mass is 10.0. The van der Waals surface area contributed by atoms with Crippen molar-refractivity contribution < 1.29 is 19.4 Å². The predicted molar refractivity (Wildman–Crippen MR) is 187 cm³/mol. The SMILES string of the molecule is CC/C=C\C/C=C\C/C=C\CCCCCCCC(=O)OC(CO)COCCCCCCCCCCCCCCCCCC. The number of aliphatic hydroxyl groups excluding tert-OH is 1. The zero-order valence-electron chi connectivity index (χ0n) is 28.7. The highest BCUT2D eigenvalue weighted by molar-refractivity contribution is 5.69. The van der Waals surface area contributed by atoms with E-state index in [1.54, 1.807) is 0 Å². The molecule has 0 heterocycles. The Balaban J connectivity index is 3.45. The molecule has 0 saturated carbocycles. The van der Waals surface area contributed by atoms with E-state index in [9.17, 15) is 9.90 Å². The molecule has 0 radical (unpaired) electrons. The van der Waals surface area contributed by atoms with E-state index in [0.717, 1.165) is 51.4 Å². The van der Waals surface area contributed by atoms with E-state index >= 15 is 0 Å². The molecule has 4 heteroatoms.